The first-order valence-electron chi connectivity index (χ1n) is 6.93. The summed E-state index contributed by atoms with van der Waals surface area (Å²) in [5.74, 6) is 0. The average Bonchev–Trinajstić information content (AvgIpc) is 2.96. The zero-order chi connectivity index (χ0) is 15.3. The number of hydrazone groups is 1. The second kappa shape index (κ2) is 6.47. The van der Waals surface area contributed by atoms with Crippen molar-refractivity contribution in [3.05, 3.63) is 35.9 Å². The molecule has 116 valence electrons. The van der Waals surface area contributed by atoms with Gasteiger partial charge in [0.2, 0.25) is 5.60 Å². The third-order valence-electron chi connectivity index (χ3n) is 3.67. The summed E-state index contributed by atoms with van der Waals surface area (Å²) in [6, 6.07) is 8.50. The van der Waals surface area contributed by atoms with Crippen LogP contribution in [0.5, 0.6) is 0 Å². The Kier molecular flexibility index (Phi) is 4.88. The highest BCUT2D eigenvalue weighted by molar-refractivity contribution is 5.70. The van der Waals surface area contributed by atoms with E-state index in [1.807, 2.05) is 0 Å². The summed E-state index contributed by atoms with van der Waals surface area (Å²) in [6.07, 6.45) is -1.98. The maximum absolute atomic E-state index is 13.5. The van der Waals surface area contributed by atoms with Crippen molar-refractivity contribution in [3.63, 3.8) is 0 Å². The molecule has 1 aromatic carbocycles. The maximum Gasteiger partial charge on any atom is 0.423 e. The third kappa shape index (κ3) is 3.75. The molecule has 0 amide bonds. The largest absolute Gasteiger partial charge is 0.423 e. The van der Waals surface area contributed by atoms with E-state index in [1.54, 1.807) is 35.3 Å². The number of methoxy groups -OCH3 is 1. The van der Waals surface area contributed by atoms with Crippen LogP contribution >= 0.6 is 0 Å². The molecule has 1 unspecified atom stereocenters. The van der Waals surface area contributed by atoms with Gasteiger partial charge in [-0.3, -0.25) is 5.01 Å². The van der Waals surface area contributed by atoms with Crippen LogP contribution in [-0.4, -0.2) is 43.2 Å². The van der Waals surface area contributed by atoms with Gasteiger partial charge >= 0.3 is 6.18 Å². The second-order valence-electron chi connectivity index (χ2n) is 5.16. The molecule has 0 aromatic heterocycles. The molecule has 1 aromatic rings. The van der Waals surface area contributed by atoms with E-state index < -0.39 is 11.8 Å². The molecule has 0 radical (unpaired) electrons. The molecule has 0 N–H and O–H groups in total. The van der Waals surface area contributed by atoms with Gasteiger partial charge in [-0.1, -0.05) is 30.3 Å². The fourth-order valence-corrected chi connectivity index (χ4v) is 2.35. The van der Waals surface area contributed by atoms with Gasteiger partial charge in [0.05, 0.1) is 6.21 Å². The molecule has 3 nitrogen and oxygen atoms in total. The van der Waals surface area contributed by atoms with Crippen LogP contribution in [0.15, 0.2) is 35.4 Å². The molecule has 0 saturated carbocycles. The van der Waals surface area contributed by atoms with Gasteiger partial charge in [-0.2, -0.15) is 18.3 Å². The molecule has 0 spiro atoms. The minimum atomic E-state index is -4.53. The van der Waals surface area contributed by atoms with Gasteiger partial charge in [0, 0.05) is 26.6 Å². The van der Waals surface area contributed by atoms with Crippen molar-refractivity contribution in [1.29, 1.82) is 0 Å². The molecule has 2 rings (SSSR count). The number of benzene rings is 1. The smallest absolute Gasteiger partial charge is 0.363 e. The zero-order valence-corrected chi connectivity index (χ0v) is 11.9. The van der Waals surface area contributed by atoms with Gasteiger partial charge in [-0.25, -0.2) is 0 Å². The SMILES string of the molecule is COC(/C=N/N1CCCC1)(Cc1ccccc1)C(F)(F)F. The van der Waals surface area contributed by atoms with Crippen LogP contribution in [0, 0.1) is 0 Å². The first kappa shape index (κ1) is 15.8. The first-order valence-corrected chi connectivity index (χ1v) is 6.93. The van der Waals surface area contributed by atoms with Crippen molar-refractivity contribution in [3.8, 4) is 0 Å². The van der Waals surface area contributed by atoms with Gasteiger partial charge in [0.1, 0.15) is 0 Å². The molecule has 1 aliphatic heterocycles. The Hall–Kier alpha value is -1.56. The van der Waals surface area contributed by atoms with E-state index >= 15 is 0 Å². The van der Waals surface area contributed by atoms with Gasteiger partial charge < -0.3 is 4.74 Å². The molecule has 1 aliphatic rings. The first-order chi connectivity index (χ1) is 9.97. The van der Waals surface area contributed by atoms with Crippen LogP contribution in [0.2, 0.25) is 0 Å². The predicted octanol–water partition coefficient (Wildman–Crippen LogP) is 3.26. The van der Waals surface area contributed by atoms with Crippen molar-refractivity contribution in [2.45, 2.75) is 31.0 Å². The van der Waals surface area contributed by atoms with Gasteiger partial charge in [-0.15, -0.1) is 0 Å². The molecule has 6 heteroatoms. The van der Waals surface area contributed by atoms with E-state index in [0.717, 1.165) is 26.2 Å². The highest BCUT2D eigenvalue weighted by atomic mass is 19.4. The maximum atomic E-state index is 13.5. The van der Waals surface area contributed by atoms with E-state index in [9.17, 15) is 13.2 Å². The van der Waals surface area contributed by atoms with E-state index in [0.29, 0.717) is 18.7 Å². The summed E-state index contributed by atoms with van der Waals surface area (Å²) < 4.78 is 45.4. The summed E-state index contributed by atoms with van der Waals surface area (Å²) in [4.78, 5) is 0. The highest BCUT2D eigenvalue weighted by Crippen LogP contribution is 2.35. The Bertz CT molecular complexity index is 470. The lowest BCUT2D eigenvalue weighted by Crippen LogP contribution is -2.50. The summed E-state index contributed by atoms with van der Waals surface area (Å²) in [5, 5.41) is 5.65. The summed E-state index contributed by atoms with van der Waals surface area (Å²) in [7, 11) is 1.08. The predicted molar refractivity (Wildman–Crippen MR) is 75.2 cm³/mol. The number of hydrogen-bond donors (Lipinski definition) is 0. The van der Waals surface area contributed by atoms with Crippen LogP contribution in [0.25, 0.3) is 0 Å². The monoisotopic (exact) mass is 300 g/mol. The molecule has 0 aliphatic carbocycles. The summed E-state index contributed by atoms with van der Waals surface area (Å²) in [6.45, 7) is 1.39. The molecule has 1 heterocycles. The normalized spacial score (nSPS) is 19.1. The second-order valence-corrected chi connectivity index (χ2v) is 5.16. The standard InChI is InChI=1S/C15H19F3N2O/c1-21-14(15(16,17)18,11-13-7-3-2-4-8-13)12-19-20-9-5-6-10-20/h2-4,7-8,12H,5-6,9-11H2,1H3/b19-12+. The highest BCUT2D eigenvalue weighted by Gasteiger charge is 2.54. The molecule has 1 saturated heterocycles. The number of hydrogen-bond acceptors (Lipinski definition) is 3. The Morgan fingerprint density at radius 1 is 1.19 bits per heavy atom. The van der Waals surface area contributed by atoms with Gasteiger partial charge in [-0.05, 0) is 18.4 Å². The number of ether oxygens (including phenoxy) is 1. The van der Waals surface area contributed by atoms with Crippen molar-refractivity contribution in [1.82, 2.24) is 5.01 Å². The number of rotatable bonds is 5. The van der Waals surface area contributed by atoms with Crippen molar-refractivity contribution in [2.24, 2.45) is 5.10 Å². The van der Waals surface area contributed by atoms with Crippen molar-refractivity contribution < 1.29 is 17.9 Å². The Morgan fingerprint density at radius 2 is 1.81 bits per heavy atom. The lowest BCUT2D eigenvalue weighted by atomic mass is 9.94. The van der Waals surface area contributed by atoms with Crippen LogP contribution in [0.3, 0.4) is 0 Å². The molecule has 21 heavy (non-hydrogen) atoms. The molecule has 1 atom stereocenters. The zero-order valence-electron chi connectivity index (χ0n) is 11.9. The Morgan fingerprint density at radius 3 is 2.33 bits per heavy atom. The average molecular weight is 300 g/mol. The van der Waals surface area contributed by atoms with E-state index in [1.165, 1.54) is 0 Å². The topological polar surface area (TPSA) is 24.8 Å². The number of nitrogens with zero attached hydrogens (tertiary/aromatic N) is 2. The quantitative estimate of drug-likeness (QED) is 0.780. The minimum Gasteiger partial charge on any atom is -0.363 e. The summed E-state index contributed by atoms with van der Waals surface area (Å²) in [5.41, 5.74) is -1.83. The third-order valence-corrected chi connectivity index (χ3v) is 3.67. The number of alkyl halides is 3. The molecule has 1 fully saturated rings. The van der Waals surface area contributed by atoms with E-state index in [2.05, 4.69) is 5.10 Å². The Labute approximate surface area is 122 Å². The Balaban J connectivity index is 2.24. The van der Waals surface area contributed by atoms with Crippen LogP contribution in [0.4, 0.5) is 13.2 Å². The fraction of sp³-hybridized carbons (Fsp3) is 0.533. The van der Waals surface area contributed by atoms with Crippen molar-refractivity contribution in [2.75, 3.05) is 20.2 Å². The van der Waals surface area contributed by atoms with Gasteiger partial charge in [0.15, 0.2) is 0 Å². The van der Waals surface area contributed by atoms with Crippen molar-refractivity contribution >= 4 is 6.21 Å². The van der Waals surface area contributed by atoms with Crippen LogP contribution in [-0.2, 0) is 11.2 Å². The van der Waals surface area contributed by atoms with Crippen LogP contribution in [0.1, 0.15) is 18.4 Å². The minimum absolute atomic E-state index is 0.287. The number of halogens is 3. The lowest BCUT2D eigenvalue weighted by Gasteiger charge is -2.31. The lowest BCUT2D eigenvalue weighted by molar-refractivity contribution is -0.237. The van der Waals surface area contributed by atoms with E-state index in [4.69, 9.17) is 4.74 Å². The molecular weight excluding hydrogens is 281 g/mol. The molecular formula is C15H19F3N2O. The van der Waals surface area contributed by atoms with Gasteiger partial charge in [0.25, 0.3) is 0 Å². The van der Waals surface area contributed by atoms with E-state index in [-0.39, 0.29) is 6.42 Å². The van der Waals surface area contributed by atoms with Crippen LogP contribution < -0.4 is 0 Å². The fourth-order valence-electron chi connectivity index (χ4n) is 2.35. The molecule has 0 bridgehead atoms. The summed E-state index contributed by atoms with van der Waals surface area (Å²) >= 11 is 0.